The third kappa shape index (κ3) is 6.41. The highest BCUT2D eigenvalue weighted by molar-refractivity contribution is 5.97. The van der Waals surface area contributed by atoms with E-state index in [-0.39, 0.29) is 43.1 Å². The third-order valence-corrected chi connectivity index (χ3v) is 4.29. The predicted octanol–water partition coefficient (Wildman–Crippen LogP) is 1.97. The zero-order chi connectivity index (χ0) is 21.8. The number of hydrogen-bond donors (Lipinski definition) is 3. The van der Waals surface area contributed by atoms with Crippen molar-refractivity contribution in [1.29, 1.82) is 0 Å². The van der Waals surface area contributed by atoms with Crippen molar-refractivity contribution in [1.82, 2.24) is 5.32 Å². The zero-order valence-corrected chi connectivity index (χ0v) is 16.7. The Morgan fingerprint density at radius 1 is 1.31 bits per heavy atom. The number of ether oxygens (including phenoxy) is 1. The number of nitrogens with one attached hydrogen (secondary N) is 2. The molecule has 1 aliphatic rings. The number of rotatable bonds is 6. The number of carbonyl (C=O) groups is 2. The number of amides is 2. The number of hydrogen-bond acceptors (Lipinski definition) is 5. The molecule has 4 N–H and O–H groups in total. The number of halogens is 3. The second kappa shape index (κ2) is 9.10. The van der Waals surface area contributed by atoms with E-state index in [1.54, 1.807) is 0 Å². The molecule has 162 valence electrons. The quantitative estimate of drug-likeness (QED) is 0.659. The van der Waals surface area contributed by atoms with Gasteiger partial charge in [-0.1, -0.05) is 20.8 Å². The van der Waals surface area contributed by atoms with E-state index in [4.69, 9.17) is 10.5 Å². The Kier molecular flexibility index (Phi) is 7.25. The second-order valence-electron chi connectivity index (χ2n) is 8.04. The summed E-state index contributed by atoms with van der Waals surface area (Å²) in [6, 6.07) is 2.54. The summed E-state index contributed by atoms with van der Waals surface area (Å²) in [7, 11) is 0. The van der Waals surface area contributed by atoms with Crippen LogP contribution in [0.1, 0.15) is 26.3 Å². The van der Waals surface area contributed by atoms with Crippen LogP contribution in [0, 0.1) is 5.41 Å². The Morgan fingerprint density at radius 3 is 2.55 bits per heavy atom. The third-order valence-electron chi connectivity index (χ3n) is 4.29. The number of anilines is 2. The minimum absolute atomic E-state index is 0.0658. The van der Waals surface area contributed by atoms with Gasteiger partial charge in [0.1, 0.15) is 6.61 Å². The molecule has 1 aromatic carbocycles. The van der Waals surface area contributed by atoms with Gasteiger partial charge in [-0.25, -0.2) is 0 Å². The maximum Gasteiger partial charge on any atom is 0.418 e. The summed E-state index contributed by atoms with van der Waals surface area (Å²) in [5.41, 5.74) is 4.17. The fourth-order valence-corrected chi connectivity index (χ4v) is 2.77. The lowest BCUT2D eigenvalue weighted by Gasteiger charge is -2.28. The summed E-state index contributed by atoms with van der Waals surface area (Å²) in [5.74, 6) is -1.08. The van der Waals surface area contributed by atoms with Gasteiger partial charge in [-0.05, 0) is 23.6 Å². The van der Waals surface area contributed by atoms with Crippen LogP contribution in [-0.2, 0) is 20.5 Å². The van der Waals surface area contributed by atoms with Crippen LogP contribution in [0.2, 0.25) is 0 Å². The summed E-state index contributed by atoms with van der Waals surface area (Å²) in [6.45, 7) is 6.49. The Labute approximate surface area is 167 Å². The van der Waals surface area contributed by atoms with Gasteiger partial charge in [0.25, 0.3) is 5.91 Å². The van der Waals surface area contributed by atoms with Gasteiger partial charge in [-0.2, -0.15) is 13.2 Å². The Hall–Kier alpha value is -2.17. The van der Waals surface area contributed by atoms with Gasteiger partial charge in [0, 0.05) is 25.3 Å². The topological polar surface area (TPSA) is 96.7 Å². The standard InChI is InChI=1S/C19H27F3N4O3/c1-18(2,3)11-24-15(9-23)17(28)25-14-5-4-12(8-13(14)19(20,21)22)26-6-7-29-10-16(26)27/h4-5,8,15,24H,6-7,9-11,23H2,1-3H3,(H,25,28)/t15-/m0/s1. The molecule has 1 aromatic rings. The molecule has 0 aliphatic carbocycles. The van der Waals surface area contributed by atoms with Crippen molar-refractivity contribution in [2.24, 2.45) is 11.1 Å². The fourth-order valence-electron chi connectivity index (χ4n) is 2.77. The number of benzene rings is 1. The highest BCUT2D eigenvalue weighted by Crippen LogP contribution is 2.37. The lowest BCUT2D eigenvalue weighted by atomic mass is 9.96. The molecular weight excluding hydrogens is 389 g/mol. The van der Waals surface area contributed by atoms with Crippen LogP contribution < -0.4 is 21.3 Å². The Bertz CT molecular complexity index is 747. The number of morpholine rings is 1. The molecule has 1 heterocycles. The lowest BCUT2D eigenvalue weighted by molar-refractivity contribution is -0.137. The summed E-state index contributed by atoms with van der Waals surface area (Å²) in [5, 5.41) is 5.29. The van der Waals surface area contributed by atoms with E-state index >= 15 is 0 Å². The van der Waals surface area contributed by atoms with Crippen LogP contribution >= 0.6 is 0 Å². The van der Waals surface area contributed by atoms with Crippen LogP contribution in [0.5, 0.6) is 0 Å². The molecule has 10 heteroatoms. The molecule has 7 nitrogen and oxygen atoms in total. The fraction of sp³-hybridized carbons (Fsp3) is 0.579. The van der Waals surface area contributed by atoms with Gasteiger partial charge in [-0.15, -0.1) is 0 Å². The molecule has 1 atom stereocenters. The number of carbonyl (C=O) groups excluding carboxylic acids is 2. The molecule has 0 saturated carbocycles. The first kappa shape index (κ1) is 23.1. The molecule has 1 saturated heterocycles. The maximum absolute atomic E-state index is 13.6. The van der Waals surface area contributed by atoms with E-state index in [9.17, 15) is 22.8 Å². The van der Waals surface area contributed by atoms with Gasteiger partial charge in [0.15, 0.2) is 0 Å². The van der Waals surface area contributed by atoms with Crippen molar-refractivity contribution >= 4 is 23.2 Å². The first-order chi connectivity index (χ1) is 13.4. The van der Waals surface area contributed by atoms with E-state index in [2.05, 4.69) is 10.6 Å². The minimum Gasteiger partial charge on any atom is -0.370 e. The van der Waals surface area contributed by atoms with Gasteiger partial charge in [0.2, 0.25) is 5.91 Å². The number of nitrogens with zero attached hydrogens (tertiary/aromatic N) is 1. The van der Waals surface area contributed by atoms with E-state index in [1.807, 2.05) is 20.8 Å². The van der Waals surface area contributed by atoms with Crippen LogP contribution in [0.15, 0.2) is 18.2 Å². The smallest absolute Gasteiger partial charge is 0.370 e. The first-order valence-electron chi connectivity index (χ1n) is 9.26. The van der Waals surface area contributed by atoms with E-state index in [1.165, 1.54) is 11.0 Å². The molecule has 0 aromatic heterocycles. The van der Waals surface area contributed by atoms with Crippen LogP contribution in [0.25, 0.3) is 0 Å². The second-order valence-corrected chi connectivity index (χ2v) is 8.04. The molecule has 1 aliphatic heterocycles. The Morgan fingerprint density at radius 2 is 2.00 bits per heavy atom. The van der Waals surface area contributed by atoms with E-state index < -0.39 is 29.6 Å². The maximum atomic E-state index is 13.6. The number of alkyl halides is 3. The SMILES string of the molecule is CC(C)(C)CN[C@@H](CN)C(=O)Nc1ccc(N2CCOCC2=O)cc1C(F)(F)F. The summed E-state index contributed by atoms with van der Waals surface area (Å²) < 4.78 is 45.8. The predicted molar refractivity (Wildman–Crippen MR) is 104 cm³/mol. The molecule has 29 heavy (non-hydrogen) atoms. The van der Waals surface area contributed by atoms with Crippen LogP contribution in [-0.4, -0.2) is 50.7 Å². The average molecular weight is 416 g/mol. The zero-order valence-electron chi connectivity index (χ0n) is 16.7. The summed E-state index contributed by atoms with van der Waals surface area (Å²) >= 11 is 0. The molecule has 2 amide bonds. The molecule has 1 fully saturated rings. The van der Waals surface area contributed by atoms with Gasteiger partial charge in [-0.3, -0.25) is 9.59 Å². The molecule has 2 rings (SSSR count). The molecule has 0 radical (unpaired) electrons. The highest BCUT2D eigenvalue weighted by Gasteiger charge is 2.36. The summed E-state index contributed by atoms with van der Waals surface area (Å²) in [4.78, 5) is 25.6. The van der Waals surface area contributed by atoms with Crippen LogP contribution in [0.4, 0.5) is 24.5 Å². The first-order valence-corrected chi connectivity index (χ1v) is 9.26. The molecule has 0 unspecified atom stereocenters. The number of nitrogens with two attached hydrogens (primary N) is 1. The molecule has 0 bridgehead atoms. The van der Waals surface area contributed by atoms with Crippen molar-refractivity contribution in [2.75, 3.05) is 43.1 Å². The highest BCUT2D eigenvalue weighted by atomic mass is 19.4. The van der Waals surface area contributed by atoms with E-state index in [0.29, 0.717) is 6.54 Å². The van der Waals surface area contributed by atoms with Crippen molar-refractivity contribution in [2.45, 2.75) is 33.0 Å². The van der Waals surface area contributed by atoms with Crippen molar-refractivity contribution in [3.8, 4) is 0 Å². The normalized spacial score (nSPS) is 16.7. The van der Waals surface area contributed by atoms with Crippen molar-refractivity contribution in [3.63, 3.8) is 0 Å². The minimum atomic E-state index is -4.72. The molecular formula is C19H27F3N4O3. The van der Waals surface area contributed by atoms with Crippen LogP contribution in [0.3, 0.4) is 0 Å². The van der Waals surface area contributed by atoms with E-state index in [0.717, 1.165) is 12.1 Å². The molecule has 0 spiro atoms. The monoisotopic (exact) mass is 416 g/mol. The Balaban J connectivity index is 2.25. The lowest BCUT2D eigenvalue weighted by Crippen LogP contribution is -2.48. The van der Waals surface area contributed by atoms with Gasteiger partial charge in [0.05, 0.1) is 23.9 Å². The largest absolute Gasteiger partial charge is 0.418 e. The summed E-state index contributed by atoms with van der Waals surface area (Å²) in [6.07, 6.45) is -4.72. The van der Waals surface area contributed by atoms with Crippen molar-refractivity contribution in [3.05, 3.63) is 23.8 Å². The van der Waals surface area contributed by atoms with Gasteiger partial charge < -0.3 is 26.0 Å². The average Bonchev–Trinajstić information content (AvgIpc) is 2.61. The van der Waals surface area contributed by atoms with Crippen molar-refractivity contribution < 1.29 is 27.5 Å². The van der Waals surface area contributed by atoms with Gasteiger partial charge >= 0.3 is 6.18 Å².